The molecule has 0 radical (unpaired) electrons. The number of hydrogen-bond acceptors (Lipinski definition) is 3. The predicted octanol–water partition coefficient (Wildman–Crippen LogP) is 1.26. The highest BCUT2D eigenvalue weighted by atomic mass is 16.5. The van der Waals surface area contributed by atoms with Crippen molar-refractivity contribution in [2.75, 3.05) is 6.61 Å². The van der Waals surface area contributed by atoms with Crippen molar-refractivity contribution in [3.63, 3.8) is 0 Å². The summed E-state index contributed by atoms with van der Waals surface area (Å²) in [5.41, 5.74) is 8.38. The van der Waals surface area contributed by atoms with Crippen molar-refractivity contribution in [3.8, 4) is 0 Å². The van der Waals surface area contributed by atoms with E-state index in [-0.39, 0.29) is 11.6 Å². The lowest BCUT2D eigenvalue weighted by Gasteiger charge is -2.23. The minimum atomic E-state index is -0.184. The van der Waals surface area contributed by atoms with Gasteiger partial charge in [0.15, 0.2) is 0 Å². The van der Waals surface area contributed by atoms with Crippen molar-refractivity contribution in [2.24, 2.45) is 12.8 Å². The first-order valence-corrected chi connectivity index (χ1v) is 6.54. The second kappa shape index (κ2) is 3.82. The van der Waals surface area contributed by atoms with Gasteiger partial charge in [0.25, 0.3) is 0 Å². The Hall–Kier alpha value is -0.870. The van der Waals surface area contributed by atoms with Gasteiger partial charge in [-0.25, -0.2) is 4.98 Å². The molecular formula is C13H21N3O. The minimum absolute atomic E-state index is 0.184. The molecular weight excluding hydrogens is 214 g/mol. The quantitative estimate of drug-likeness (QED) is 0.797. The summed E-state index contributed by atoms with van der Waals surface area (Å²) >= 11 is 0. The molecule has 17 heavy (non-hydrogen) atoms. The van der Waals surface area contributed by atoms with Gasteiger partial charge < -0.3 is 15.0 Å². The lowest BCUT2D eigenvalue weighted by atomic mass is 9.97. The number of hydrogen-bond donors (Lipinski definition) is 1. The number of imidazole rings is 1. The maximum absolute atomic E-state index is 6.01. The third-order valence-corrected chi connectivity index (χ3v) is 4.20. The summed E-state index contributed by atoms with van der Waals surface area (Å²) < 4.78 is 8.14. The van der Waals surface area contributed by atoms with Gasteiger partial charge in [-0.3, -0.25) is 0 Å². The van der Waals surface area contributed by atoms with E-state index >= 15 is 0 Å². The van der Waals surface area contributed by atoms with E-state index in [2.05, 4.69) is 18.5 Å². The van der Waals surface area contributed by atoms with Crippen LogP contribution in [0.15, 0.2) is 0 Å². The first-order valence-electron chi connectivity index (χ1n) is 6.54. The Morgan fingerprint density at radius 2 is 2.35 bits per heavy atom. The molecule has 2 heterocycles. The molecule has 2 aliphatic rings. The minimum Gasteiger partial charge on any atom is -0.367 e. The molecule has 2 N–H and O–H groups in total. The van der Waals surface area contributed by atoms with E-state index in [1.54, 1.807) is 0 Å². The molecule has 1 aromatic rings. The largest absolute Gasteiger partial charge is 0.367 e. The van der Waals surface area contributed by atoms with Crippen LogP contribution in [-0.4, -0.2) is 22.2 Å². The Balaban J connectivity index is 2.01. The van der Waals surface area contributed by atoms with Gasteiger partial charge in [0.2, 0.25) is 0 Å². The molecule has 2 atom stereocenters. The van der Waals surface area contributed by atoms with Gasteiger partial charge in [-0.1, -0.05) is 0 Å². The molecule has 1 fully saturated rings. The first kappa shape index (κ1) is 11.2. The molecule has 0 amide bonds. The van der Waals surface area contributed by atoms with Gasteiger partial charge >= 0.3 is 0 Å². The average Bonchev–Trinajstić information content (AvgIpc) is 2.85. The van der Waals surface area contributed by atoms with Crippen LogP contribution < -0.4 is 5.73 Å². The third-order valence-electron chi connectivity index (χ3n) is 4.20. The molecule has 2 unspecified atom stereocenters. The molecule has 1 saturated heterocycles. The van der Waals surface area contributed by atoms with Crippen LogP contribution in [0.25, 0.3) is 0 Å². The zero-order valence-corrected chi connectivity index (χ0v) is 10.7. The van der Waals surface area contributed by atoms with Crippen LogP contribution in [0.5, 0.6) is 0 Å². The fraction of sp³-hybridized carbons (Fsp3) is 0.769. The maximum atomic E-state index is 6.01. The van der Waals surface area contributed by atoms with Gasteiger partial charge in [0, 0.05) is 31.8 Å². The molecule has 0 spiro atoms. The van der Waals surface area contributed by atoms with E-state index in [1.807, 2.05) is 0 Å². The van der Waals surface area contributed by atoms with Gasteiger partial charge in [-0.05, 0) is 32.6 Å². The summed E-state index contributed by atoms with van der Waals surface area (Å²) in [7, 11) is 2.12. The van der Waals surface area contributed by atoms with E-state index < -0.39 is 0 Å². The third kappa shape index (κ3) is 1.70. The van der Waals surface area contributed by atoms with Crippen LogP contribution in [0.4, 0.5) is 0 Å². The standard InChI is InChI=1S/C13H21N3O/c1-13(6-3-7-17-13)12-15-10-8-9(14)4-5-11(10)16(12)2/h9H,3-8,14H2,1-2H3. The van der Waals surface area contributed by atoms with Gasteiger partial charge in [0.05, 0.1) is 5.69 Å². The Morgan fingerprint density at radius 1 is 1.53 bits per heavy atom. The summed E-state index contributed by atoms with van der Waals surface area (Å²) in [6.45, 7) is 3.02. The van der Waals surface area contributed by atoms with Gasteiger partial charge in [0.1, 0.15) is 11.4 Å². The monoisotopic (exact) mass is 235 g/mol. The summed E-state index contributed by atoms with van der Waals surface area (Å²) in [6, 6.07) is 0.280. The second-order valence-electron chi connectivity index (χ2n) is 5.57. The highest BCUT2D eigenvalue weighted by Gasteiger charge is 2.37. The molecule has 0 saturated carbocycles. The van der Waals surface area contributed by atoms with Crippen LogP contribution in [-0.2, 0) is 30.2 Å². The van der Waals surface area contributed by atoms with E-state index in [4.69, 9.17) is 15.5 Å². The molecule has 0 aromatic carbocycles. The number of ether oxygens (including phenoxy) is 1. The Bertz CT molecular complexity index is 432. The molecule has 1 aliphatic heterocycles. The maximum Gasteiger partial charge on any atom is 0.141 e. The summed E-state index contributed by atoms with van der Waals surface area (Å²) in [5, 5.41) is 0. The van der Waals surface area contributed by atoms with E-state index in [9.17, 15) is 0 Å². The SMILES string of the molecule is Cn1c(C2(C)CCCO2)nc2c1CCC(N)C2. The fourth-order valence-corrected chi connectivity index (χ4v) is 3.17. The molecule has 0 bridgehead atoms. The van der Waals surface area contributed by atoms with Crippen molar-refractivity contribution in [1.29, 1.82) is 0 Å². The zero-order chi connectivity index (χ0) is 12.0. The number of rotatable bonds is 1. The summed E-state index contributed by atoms with van der Waals surface area (Å²) in [4.78, 5) is 4.81. The normalized spacial score (nSPS) is 32.8. The van der Waals surface area contributed by atoms with E-state index in [1.165, 1.54) is 11.4 Å². The van der Waals surface area contributed by atoms with Crippen LogP contribution in [0.2, 0.25) is 0 Å². The second-order valence-corrected chi connectivity index (χ2v) is 5.57. The lowest BCUT2D eigenvalue weighted by Crippen LogP contribution is -2.28. The molecule has 1 aromatic heterocycles. The summed E-state index contributed by atoms with van der Waals surface area (Å²) in [6.07, 6.45) is 5.25. The van der Waals surface area contributed by atoms with Crippen molar-refractivity contribution in [2.45, 2.75) is 50.7 Å². The van der Waals surface area contributed by atoms with Crippen LogP contribution in [0.3, 0.4) is 0 Å². The zero-order valence-electron chi connectivity index (χ0n) is 10.7. The van der Waals surface area contributed by atoms with E-state index in [0.717, 1.165) is 44.5 Å². The lowest BCUT2D eigenvalue weighted by molar-refractivity contribution is 0.00707. The number of nitrogens with two attached hydrogens (primary N) is 1. The number of fused-ring (bicyclic) bond motifs is 1. The average molecular weight is 235 g/mol. The van der Waals surface area contributed by atoms with Crippen LogP contribution in [0.1, 0.15) is 43.4 Å². The highest BCUT2D eigenvalue weighted by molar-refractivity contribution is 5.24. The predicted molar refractivity (Wildman–Crippen MR) is 65.7 cm³/mol. The molecule has 3 rings (SSSR count). The summed E-state index contributed by atoms with van der Waals surface area (Å²) in [5.74, 6) is 1.09. The number of nitrogens with zero attached hydrogens (tertiary/aromatic N) is 2. The highest BCUT2D eigenvalue weighted by Crippen LogP contribution is 2.36. The number of aromatic nitrogens is 2. The topological polar surface area (TPSA) is 53.1 Å². The van der Waals surface area contributed by atoms with Gasteiger partial charge in [-0.2, -0.15) is 0 Å². The molecule has 4 nitrogen and oxygen atoms in total. The molecule has 1 aliphatic carbocycles. The Morgan fingerprint density at radius 3 is 3.06 bits per heavy atom. The van der Waals surface area contributed by atoms with Gasteiger partial charge in [-0.15, -0.1) is 0 Å². The molecule has 4 heteroatoms. The fourth-order valence-electron chi connectivity index (χ4n) is 3.17. The van der Waals surface area contributed by atoms with Crippen molar-refractivity contribution in [3.05, 3.63) is 17.2 Å². The smallest absolute Gasteiger partial charge is 0.141 e. The van der Waals surface area contributed by atoms with Crippen LogP contribution in [0, 0.1) is 0 Å². The van der Waals surface area contributed by atoms with Crippen LogP contribution >= 0.6 is 0 Å². The van der Waals surface area contributed by atoms with Crippen molar-refractivity contribution in [1.82, 2.24) is 9.55 Å². The molecule has 94 valence electrons. The Kier molecular flexibility index (Phi) is 2.52. The first-order chi connectivity index (χ1) is 8.10. The Labute approximate surface area is 102 Å². The van der Waals surface area contributed by atoms with Crippen molar-refractivity contribution >= 4 is 0 Å². The van der Waals surface area contributed by atoms with E-state index in [0.29, 0.717) is 0 Å². The van der Waals surface area contributed by atoms with Crippen molar-refractivity contribution < 1.29 is 4.74 Å².